The smallest absolute Gasteiger partial charge is 0.310 e. The molecule has 92 valence electrons. The lowest BCUT2D eigenvalue weighted by Crippen LogP contribution is -2.45. The van der Waals surface area contributed by atoms with Gasteiger partial charge in [0.15, 0.2) is 0 Å². The third kappa shape index (κ3) is 2.86. The molecule has 2 rings (SSSR count). The van der Waals surface area contributed by atoms with Crippen molar-refractivity contribution in [2.75, 3.05) is 13.1 Å². The number of likely N-dealkylation sites (tertiary alicyclic amines) is 1. The summed E-state index contributed by atoms with van der Waals surface area (Å²) < 4.78 is 0. The number of nitrogens with zero attached hydrogens (tertiary/aromatic N) is 1. The lowest BCUT2D eigenvalue weighted by atomic mass is 9.82. The quantitative estimate of drug-likeness (QED) is 0.871. The molecule has 0 aliphatic carbocycles. The largest absolute Gasteiger partial charge is 0.481 e. The summed E-state index contributed by atoms with van der Waals surface area (Å²) in [5, 5.41) is 9.25. The first kappa shape index (κ1) is 12.1. The maximum atomic E-state index is 11.2. The predicted molar refractivity (Wildman–Crippen MR) is 66.7 cm³/mol. The molecule has 1 atom stereocenters. The van der Waals surface area contributed by atoms with Gasteiger partial charge in [-0.25, -0.2) is 0 Å². The molecule has 1 aromatic carbocycles. The summed E-state index contributed by atoms with van der Waals surface area (Å²) >= 11 is 0. The summed E-state index contributed by atoms with van der Waals surface area (Å²) in [4.78, 5) is 13.5. The molecule has 1 aromatic rings. The minimum atomic E-state index is -0.671. The molecular formula is C14H19NO2. The van der Waals surface area contributed by atoms with Crippen LogP contribution in [-0.2, 0) is 11.3 Å². The van der Waals surface area contributed by atoms with Crippen molar-refractivity contribution in [3.8, 4) is 0 Å². The maximum Gasteiger partial charge on any atom is 0.310 e. The molecule has 3 heteroatoms. The third-order valence-electron chi connectivity index (χ3n) is 3.54. The van der Waals surface area contributed by atoms with Crippen molar-refractivity contribution in [2.45, 2.75) is 26.3 Å². The molecule has 0 bridgehead atoms. The van der Waals surface area contributed by atoms with Crippen LogP contribution in [-0.4, -0.2) is 29.1 Å². The molecule has 0 aromatic heterocycles. The Bertz CT molecular complexity index is 390. The number of carboxylic acid groups (broad SMARTS) is 1. The maximum absolute atomic E-state index is 11.2. The summed E-state index contributed by atoms with van der Waals surface area (Å²) in [5.74, 6) is -0.671. The van der Waals surface area contributed by atoms with Crippen LogP contribution < -0.4 is 0 Å². The number of carboxylic acids is 1. The van der Waals surface area contributed by atoms with E-state index in [0.717, 1.165) is 25.9 Å². The van der Waals surface area contributed by atoms with Gasteiger partial charge >= 0.3 is 5.97 Å². The van der Waals surface area contributed by atoms with Gasteiger partial charge in [0.2, 0.25) is 0 Å². The highest BCUT2D eigenvalue weighted by molar-refractivity contribution is 5.74. The van der Waals surface area contributed by atoms with E-state index in [1.807, 2.05) is 25.1 Å². The van der Waals surface area contributed by atoms with Crippen LogP contribution in [0.15, 0.2) is 30.3 Å². The summed E-state index contributed by atoms with van der Waals surface area (Å²) in [6.45, 7) is 4.35. The van der Waals surface area contributed by atoms with Crippen molar-refractivity contribution < 1.29 is 9.90 Å². The summed E-state index contributed by atoms with van der Waals surface area (Å²) in [7, 11) is 0. The van der Waals surface area contributed by atoms with E-state index in [1.54, 1.807) is 0 Å². The van der Waals surface area contributed by atoms with Crippen LogP contribution >= 0.6 is 0 Å². The number of rotatable bonds is 3. The van der Waals surface area contributed by atoms with Crippen LogP contribution in [0.25, 0.3) is 0 Å². The first-order valence-electron chi connectivity index (χ1n) is 6.10. The summed E-state index contributed by atoms with van der Waals surface area (Å²) in [6, 6.07) is 10.2. The summed E-state index contributed by atoms with van der Waals surface area (Å²) in [6.07, 6.45) is 1.75. The first-order valence-corrected chi connectivity index (χ1v) is 6.10. The second-order valence-corrected chi connectivity index (χ2v) is 5.17. The van der Waals surface area contributed by atoms with E-state index < -0.39 is 11.4 Å². The van der Waals surface area contributed by atoms with Crippen LogP contribution in [0, 0.1) is 5.41 Å². The van der Waals surface area contributed by atoms with Crippen LogP contribution in [0.2, 0.25) is 0 Å². The number of carbonyl (C=O) groups is 1. The number of hydrogen-bond acceptors (Lipinski definition) is 2. The minimum Gasteiger partial charge on any atom is -0.481 e. The fraction of sp³-hybridized carbons (Fsp3) is 0.500. The van der Waals surface area contributed by atoms with Gasteiger partial charge in [-0.1, -0.05) is 30.3 Å². The highest BCUT2D eigenvalue weighted by atomic mass is 16.4. The fourth-order valence-electron chi connectivity index (χ4n) is 2.50. The molecule has 0 saturated carbocycles. The molecule has 3 nitrogen and oxygen atoms in total. The van der Waals surface area contributed by atoms with Gasteiger partial charge in [0.05, 0.1) is 5.41 Å². The highest BCUT2D eigenvalue weighted by Crippen LogP contribution is 2.30. The number of hydrogen-bond donors (Lipinski definition) is 1. The van der Waals surface area contributed by atoms with Gasteiger partial charge < -0.3 is 5.11 Å². The standard InChI is InChI=1S/C14H19NO2/c1-14(13(16)17)8-5-9-15(11-14)10-12-6-3-2-4-7-12/h2-4,6-7H,5,8-11H2,1H3,(H,16,17). The van der Waals surface area contributed by atoms with Crippen LogP contribution in [0.5, 0.6) is 0 Å². The van der Waals surface area contributed by atoms with E-state index in [2.05, 4.69) is 17.0 Å². The Hall–Kier alpha value is -1.35. The topological polar surface area (TPSA) is 40.5 Å². The van der Waals surface area contributed by atoms with Crippen molar-refractivity contribution in [3.63, 3.8) is 0 Å². The van der Waals surface area contributed by atoms with Crippen molar-refractivity contribution in [1.82, 2.24) is 4.90 Å². The van der Waals surface area contributed by atoms with E-state index in [1.165, 1.54) is 5.56 Å². The molecule has 17 heavy (non-hydrogen) atoms. The normalized spacial score (nSPS) is 25.7. The van der Waals surface area contributed by atoms with Gasteiger partial charge in [0, 0.05) is 13.1 Å². The third-order valence-corrected chi connectivity index (χ3v) is 3.54. The molecule has 1 heterocycles. The molecule has 0 radical (unpaired) electrons. The van der Waals surface area contributed by atoms with E-state index in [9.17, 15) is 9.90 Å². The van der Waals surface area contributed by atoms with Crippen LogP contribution in [0.3, 0.4) is 0 Å². The molecule has 1 aliphatic heterocycles. The van der Waals surface area contributed by atoms with Crippen molar-refractivity contribution in [3.05, 3.63) is 35.9 Å². The van der Waals surface area contributed by atoms with E-state index in [4.69, 9.17) is 0 Å². The van der Waals surface area contributed by atoms with Crippen LogP contribution in [0.4, 0.5) is 0 Å². The molecule has 1 fully saturated rings. The predicted octanol–water partition coefficient (Wildman–Crippen LogP) is 2.37. The van der Waals surface area contributed by atoms with Gasteiger partial charge in [0.25, 0.3) is 0 Å². The molecule has 0 spiro atoms. The second-order valence-electron chi connectivity index (χ2n) is 5.17. The van der Waals surface area contributed by atoms with Gasteiger partial charge in [-0.05, 0) is 31.9 Å². The van der Waals surface area contributed by atoms with E-state index in [-0.39, 0.29) is 0 Å². The minimum absolute atomic E-state index is 0.576. The summed E-state index contributed by atoms with van der Waals surface area (Å²) in [5.41, 5.74) is 0.676. The Morgan fingerprint density at radius 2 is 2.12 bits per heavy atom. The first-order chi connectivity index (χ1) is 8.10. The number of benzene rings is 1. The zero-order valence-corrected chi connectivity index (χ0v) is 10.2. The average Bonchev–Trinajstić information content (AvgIpc) is 2.30. The Balaban J connectivity index is 2.01. The SMILES string of the molecule is CC1(C(=O)O)CCCN(Cc2ccccc2)C1. The zero-order chi connectivity index (χ0) is 12.3. The Morgan fingerprint density at radius 3 is 2.76 bits per heavy atom. The van der Waals surface area contributed by atoms with Gasteiger partial charge in [-0.3, -0.25) is 9.69 Å². The average molecular weight is 233 g/mol. The molecule has 1 unspecified atom stereocenters. The van der Waals surface area contributed by atoms with Gasteiger partial charge in [-0.15, -0.1) is 0 Å². The monoisotopic (exact) mass is 233 g/mol. The number of aliphatic carboxylic acids is 1. The molecular weight excluding hydrogens is 214 g/mol. The lowest BCUT2D eigenvalue weighted by molar-refractivity contribution is -0.151. The van der Waals surface area contributed by atoms with Gasteiger partial charge in [0.1, 0.15) is 0 Å². The Kier molecular flexibility index (Phi) is 3.48. The zero-order valence-electron chi connectivity index (χ0n) is 10.2. The fourth-order valence-corrected chi connectivity index (χ4v) is 2.50. The molecule has 1 saturated heterocycles. The highest BCUT2D eigenvalue weighted by Gasteiger charge is 2.37. The van der Waals surface area contributed by atoms with Crippen molar-refractivity contribution in [1.29, 1.82) is 0 Å². The Labute approximate surface area is 102 Å². The molecule has 0 amide bonds. The van der Waals surface area contributed by atoms with Crippen LogP contribution in [0.1, 0.15) is 25.3 Å². The lowest BCUT2D eigenvalue weighted by Gasteiger charge is -2.37. The Morgan fingerprint density at radius 1 is 1.41 bits per heavy atom. The number of piperidine rings is 1. The van der Waals surface area contributed by atoms with Crippen molar-refractivity contribution in [2.24, 2.45) is 5.41 Å². The van der Waals surface area contributed by atoms with E-state index >= 15 is 0 Å². The molecule has 1 aliphatic rings. The van der Waals surface area contributed by atoms with E-state index in [0.29, 0.717) is 6.54 Å². The van der Waals surface area contributed by atoms with Gasteiger partial charge in [-0.2, -0.15) is 0 Å². The molecule has 1 N–H and O–H groups in total. The second kappa shape index (κ2) is 4.88. The van der Waals surface area contributed by atoms with Crippen molar-refractivity contribution >= 4 is 5.97 Å².